The van der Waals surface area contributed by atoms with Crippen LogP contribution < -0.4 is 10.1 Å². The van der Waals surface area contributed by atoms with Gasteiger partial charge in [-0.25, -0.2) is 4.79 Å². The van der Waals surface area contributed by atoms with Crippen molar-refractivity contribution in [3.8, 4) is 11.5 Å². The van der Waals surface area contributed by atoms with Crippen molar-refractivity contribution in [2.75, 3.05) is 11.1 Å². The summed E-state index contributed by atoms with van der Waals surface area (Å²) in [5, 5.41) is 21.5. The Morgan fingerprint density at radius 3 is 2.57 bits per heavy atom. The van der Waals surface area contributed by atoms with E-state index in [4.69, 9.17) is 0 Å². The van der Waals surface area contributed by atoms with Crippen LogP contribution in [0.4, 0.5) is 23.2 Å². The smallest absolute Gasteiger partial charge is 0.461 e. The number of halogens is 4. The fraction of sp³-hybridized carbons (Fsp3) is 0.158. The highest BCUT2D eigenvalue weighted by Crippen LogP contribution is 2.41. The number of amides is 1. The minimum atomic E-state index is -4.77. The van der Waals surface area contributed by atoms with E-state index >= 15 is 0 Å². The van der Waals surface area contributed by atoms with Crippen molar-refractivity contribution in [2.45, 2.75) is 17.4 Å². The number of ether oxygens (including phenoxy) is 1. The number of hydrogen-bond donors (Lipinski definition) is 3. The Morgan fingerprint density at radius 2 is 1.90 bits per heavy atom. The van der Waals surface area contributed by atoms with Gasteiger partial charge in [-0.3, -0.25) is 4.79 Å². The fourth-order valence-corrected chi connectivity index (χ4v) is 3.57. The van der Waals surface area contributed by atoms with Gasteiger partial charge < -0.3 is 20.3 Å². The van der Waals surface area contributed by atoms with Crippen LogP contribution in [0.5, 0.6) is 11.5 Å². The third kappa shape index (κ3) is 4.51. The minimum absolute atomic E-state index is 0.0868. The molecule has 1 aliphatic rings. The van der Waals surface area contributed by atoms with Gasteiger partial charge in [0.05, 0.1) is 11.3 Å². The van der Waals surface area contributed by atoms with Crippen LogP contribution in [-0.2, 0) is 4.79 Å². The SMILES string of the molecule is O=C(Nc1ccccc1C(=O)O)C1=Cc2cc(O)c(OC(F)(F)C(F)F)cc2SC1. The van der Waals surface area contributed by atoms with Crippen LogP contribution >= 0.6 is 11.8 Å². The first-order valence-corrected chi connectivity index (χ1v) is 9.26. The summed E-state index contributed by atoms with van der Waals surface area (Å²) in [6, 6.07) is 7.80. The first-order valence-electron chi connectivity index (χ1n) is 8.27. The molecule has 0 unspecified atom stereocenters. The summed E-state index contributed by atoms with van der Waals surface area (Å²) >= 11 is 1.03. The van der Waals surface area contributed by atoms with Crippen molar-refractivity contribution < 1.29 is 42.1 Å². The highest BCUT2D eigenvalue weighted by molar-refractivity contribution is 7.99. The summed E-state index contributed by atoms with van der Waals surface area (Å²) in [6.45, 7) is 0. The molecule has 0 radical (unpaired) electrons. The van der Waals surface area contributed by atoms with Crippen LogP contribution in [0, 0.1) is 0 Å². The number of aromatic hydroxyl groups is 1. The molecule has 0 atom stereocenters. The molecule has 0 saturated carbocycles. The first-order chi connectivity index (χ1) is 14.1. The Kier molecular flexibility index (Phi) is 5.92. The van der Waals surface area contributed by atoms with Crippen molar-refractivity contribution in [2.24, 2.45) is 0 Å². The number of phenolic OH excluding ortho intramolecular Hbond substituents is 1. The monoisotopic (exact) mass is 443 g/mol. The van der Waals surface area contributed by atoms with E-state index in [9.17, 15) is 37.4 Å². The number of carboxylic acids is 1. The standard InChI is InChI=1S/C19H13F4NO5S/c20-18(21)19(22,23)29-14-7-15-9(6-13(14)25)5-10(8-30-15)16(26)24-12-4-2-1-3-11(12)17(27)28/h1-7,18,25H,8H2,(H,24,26)(H,27,28). The number of phenols is 1. The third-order valence-electron chi connectivity index (χ3n) is 4.00. The van der Waals surface area contributed by atoms with E-state index in [1.54, 1.807) is 6.07 Å². The van der Waals surface area contributed by atoms with Gasteiger partial charge in [0, 0.05) is 16.2 Å². The second-order valence-electron chi connectivity index (χ2n) is 6.09. The number of nitrogens with one attached hydrogen (secondary N) is 1. The van der Waals surface area contributed by atoms with Gasteiger partial charge in [-0.05, 0) is 35.9 Å². The molecule has 1 heterocycles. The molecule has 1 aliphatic heterocycles. The fourth-order valence-electron chi connectivity index (χ4n) is 2.57. The predicted molar refractivity (Wildman–Crippen MR) is 100 cm³/mol. The van der Waals surface area contributed by atoms with E-state index in [1.165, 1.54) is 24.3 Å². The summed E-state index contributed by atoms with van der Waals surface area (Å²) in [5.41, 5.74) is 0.494. The Labute approximate surface area is 171 Å². The molecule has 3 rings (SSSR count). The van der Waals surface area contributed by atoms with E-state index < -0.39 is 35.9 Å². The van der Waals surface area contributed by atoms with E-state index in [0.29, 0.717) is 4.90 Å². The highest BCUT2D eigenvalue weighted by atomic mass is 32.2. The molecule has 0 saturated heterocycles. The molecule has 11 heteroatoms. The van der Waals surface area contributed by atoms with Crippen molar-refractivity contribution in [1.82, 2.24) is 0 Å². The van der Waals surface area contributed by atoms with Crippen LogP contribution in [0.25, 0.3) is 6.08 Å². The topological polar surface area (TPSA) is 95.9 Å². The van der Waals surface area contributed by atoms with E-state index in [-0.39, 0.29) is 28.1 Å². The molecule has 3 N–H and O–H groups in total. The lowest BCUT2D eigenvalue weighted by atomic mass is 10.1. The van der Waals surface area contributed by atoms with Crippen LogP contribution in [0.1, 0.15) is 15.9 Å². The average Bonchev–Trinajstić information content (AvgIpc) is 2.68. The van der Waals surface area contributed by atoms with E-state index in [1.807, 2.05) is 0 Å². The Bertz CT molecular complexity index is 1040. The maximum Gasteiger partial charge on any atom is 0.461 e. The lowest BCUT2D eigenvalue weighted by Gasteiger charge is -2.21. The Balaban J connectivity index is 1.84. The molecular weight excluding hydrogens is 430 g/mol. The number of hydrogen-bond acceptors (Lipinski definition) is 5. The molecule has 30 heavy (non-hydrogen) atoms. The second-order valence-corrected chi connectivity index (χ2v) is 7.10. The van der Waals surface area contributed by atoms with Crippen LogP contribution in [-0.4, -0.2) is 40.4 Å². The summed E-state index contributed by atoms with van der Waals surface area (Å²) in [7, 11) is 0. The Morgan fingerprint density at radius 1 is 1.20 bits per heavy atom. The molecular formula is C19H13F4NO5S. The van der Waals surface area contributed by atoms with Gasteiger partial charge in [-0.2, -0.15) is 17.6 Å². The lowest BCUT2D eigenvalue weighted by molar-refractivity contribution is -0.253. The number of anilines is 1. The van der Waals surface area contributed by atoms with Gasteiger partial charge in [-0.1, -0.05) is 12.1 Å². The van der Waals surface area contributed by atoms with E-state index in [2.05, 4.69) is 10.1 Å². The number of para-hydroxylation sites is 1. The van der Waals surface area contributed by atoms with Crippen molar-refractivity contribution in [3.05, 3.63) is 53.1 Å². The van der Waals surface area contributed by atoms with Gasteiger partial charge in [0.15, 0.2) is 11.5 Å². The molecule has 0 bridgehead atoms. The maximum atomic E-state index is 13.1. The number of alkyl halides is 4. The summed E-state index contributed by atoms with van der Waals surface area (Å²) in [4.78, 5) is 24.1. The number of aromatic carboxylic acids is 1. The zero-order chi connectivity index (χ0) is 22.1. The molecule has 6 nitrogen and oxygen atoms in total. The van der Waals surface area contributed by atoms with Crippen LogP contribution in [0.2, 0.25) is 0 Å². The van der Waals surface area contributed by atoms with Crippen molar-refractivity contribution in [1.29, 1.82) is 0 Å². The normalized spacial score (nSPS) is 13.4. The highest BCUT2D eigenvalue weighted by Gasteiger charge is 2.44. The number of carboxylic acid groups (broad SMARTS) is 1. The number of carbonyl (C=O) groups excluding carboxylic acids is 1. The van der Waals surface area contributed by atoms with Gasteiger partial charge in [-0.15, -0.1) is 11.8 Å². The first kappa shape index (κ1) is 21.5. The molecule has 0 spiro atoms. The van der Waals surface area contributed by atoms with Gasteiger partial charge in [0.25, 0.3) is 5.91 Å². The summed E-state index contributed by atoms with van der Waals surface area (Å²) in [6.07, 6.45) is -7.48. The van der Waals surface area contributed by atoms with Gasteiger partial charge in [0.1, 0.15) is 0 Å². The summed E-state index contributed by atoms with van der Waals surface area (Å²) < 4.78 is 54.8. The molecule has 0 aliphatic carbocycles. The predicted octanol–water partition coefficient (Wildman–Crippen LogP) is 4.45. The number of carbonyl (C=O) groups is 2. The summed E-state index contributed by atoms with van der Waals surface area (Å²) in [5.74, 6) is -3.34. The minimum Gasteiger partial charge on any atom is -0.504 e. The molecule has 0 aromatic heterocycles. The number of thioether (sulfide) groups is 1. The molecule has 158 valence electrons. The zero-order valence-corrected chi connectivity index (χ0v) is 15.7. The van der Waals surface area contributed by atoms with Gasteiger partial charge in [0.2, 0.25) is 0 Å². The van der Waals surface area contributed by atoms with Gasteiger partial charge >= 0.3 is 18.5 Å². The number of benzene rings is 2. The van der Waals surface area contributed by atoms with Crippen LogP contribution in [0.15, 0.2) is 46.9 Å². The Hall–Kier alpha value is -3.21. The molecule has 0 fully saturated rings. The van der Waals surface area contributed by atoms with E-state index in [0.717, 1.165) is 23.9 Å². The van der Waals surface area contributed by atoms with Crippen LogP contribution in [0.3, 0.4) is 0 Å². The lowest BCUT2D eigenvalue weighted by Crippen LogP contribution is -2.33. The van der Waals surface area contributed by atoms with Crippen molar-refractivity contribution >= 4 is 35.4 Å². The molecule has 2 aromatic rings. The third-order valence-corrected chi connectivity index (χ3v) is 5.12. The number of rotatable bonds is 6. The number of fused-ring (bicyclic) bond motifs is 1. The average molecular weight is 443 g/mol. The van der Waals surface area contributed by atoms with Crippen molar-refractivity contribution in [3.63, 3.8) is 0 Å². The molecule has 2 aromatic carbocycles. The quantitative estimate of drug-likeness (QED) is 0.571. The maximum absolute atomic E-state index is 13.1. The zero-order valence-electron chi connectivity index (χ0n) is 14.9. The second kappa shape index (κ2) is 8.27. The largest absolute Gasteiger partial charge is 0.504 e. The molecule has 1 amide bonds.